The number of benzene rings is 1. The largest absolute Gasteiger partial charge is 0.486 e. The van der Waals surface area contributed by atoms with Crippen molar-refractivity contribution in [2.24, 2.45) is 0 Å². The minimum Gasteiger partial charge on any atom is -0.486 e. The van der Waals surface area contributed by atoms with E-state index in [0.717, 1.165) is 24.3 Å². The molecule has 0 saturated heterocycles. The molecule has 0 unspecified atom stereocenters. The van der Waals surface area contributed by atoms with Gasteiger partial charge >= 0.3 is 12.3 Å². The smallest absolute Gasteiger partial charge is 0.369 e. The summed E-state index contributed by atoms with van der Waals surface area (Å²) in [5, 5.41) is 3.06. The quantitative estimate of drug-likeness (QED) is 0.330. The van der Waals surface area contributed by atoms with Crippen molar-refractivity contribution >= 4 is 40.2 Å². The van der Waals surface area contributed by atoms with Crippen LogP contribution < -0.4 is 0 Å². The number of ketones is 1. The fraction of sp³-hybridized carbons (Fsp3) is 0.278. The number of carbonyl (C=O) groups is 1. The van der Waals surface area contributed by atoms with E-state index in [1.54, 1.807) is 0 Å². The molecule has 0 aliphatic carbocycles. The van der Waals surface area contributed by atoms with E-state index in [2.05, 4.69) is 5.16 Å². The molecule has 1 aromatic heterocycles. The van der Waals surface area contributed by atoms with Crippen molar-refractivity contribution in [3.63, 3.8) is 0 Å². The normalized spacial score (nSPS) is 12.3. The number of alkyl halides is 4. The molecule has 0 bridgehead atoms. The van der Waals surface area contributed by atoms with Gasteiger partial charge in [0.1, 0.15) is 17.1 Å². The molecular weight excluding hydrogens is 455 g/mol. The van der Waals surface area contributed by atoms with Gasteiger partial charge in [-0.05, 0) is 24.4 Å². The van der Waals surface area contributed by atoms with Crippen molar-refractivity contribution in [1.29, 1.82) is 0 Å². The first-order chi connectivity index (χ1) is 13.9. The van der Waals surface area contributed by atoms with Crippen molar-refractivity contribution in [3.05, 3.63) is 46.6 Å². The minimum absolute atomic E-state index is 0.127. The summed E-state index contributed by atoms with van der Waals surface area (Å²) in [6.45, 7) is 0. The van der Waals surface area contributed by atoms with Crippen LogP contribution in [0.3, 0.4) is 0 Å². The van der Waals surface area contributed by atoms with Gasteiger partial charge in [-0.3, -0.25) is 4.79 Å². The minimum atomic E-state index is -5.03. The number of aromatic nitrogens is 1. The highest BCUT2D eigenvalue weighted by molar-refractivity contribution is 7.80. The second-order valence-corrected chi connectivity index (χ2v) is 6.86. The predicted octanol–water partition coefficient (Wildman–Crippen LogP) is 4.83. The molecule has 0 aliphatic rings. The van der Waals surface area contributed by atoms with Gasteiger partial charge in [-0.2, -0.15) is 8.78 Å². The molecule has 0 radical (unpaired) electrons. The lowest BCUT2D eigenvalue weighted by Crippen LogP contribution is -2.37. The summed E-state index contributed by atoms with van der Waals surface area (Å²) >= 11 is 11.0. The number of halogens is 6. The first-order valence-electron chi connectivity index (χ1n) is 8.05. The van der Waals surface area contributed by atoms with Gasteiger partial charge in [0.2, 0.25) is 5.78 Å². The van der Waals surface area contributed by atoms with Gasteiger partial charge in [0.25, 0.3) is 0 Å². The lowest BCUT2D eigenvalue weighted by atomic mass is 9.98. The molecule has 1 aromatic carbocycles. The van der Waals surface area contributed by atoms with Crippen molar-refractivity contribution < 1.29 is 36.0 Å². The number of carbonyl (C=O) groups excluding carboxylic acids is 1. The van der Waals surface area contributed by atoms with Crippen LogP contribution in [0, 0.1) is 5.82 Å². The number of rotatable bonds is 7. The van der Waals surface area contributed by atoms with E-state index in [1.165, 1.54) is 26.2 Å². The Bertz CT molecular complexity index is 987. The molecule has 0 fully saturated rings. The topological polar surface area (TPSA) is 55.6 Å². The highest BCUT2D eigenvalue weighted by Gasteiger charge is 2.51. The molecule has 0 spiro atoms. The van der Waals surface area contributed by atoms with E-state index in [1.807, 2.05) is 0 Å². The predicted molar refractivity (Wildman–Crippen MR) is 103 cm³/mol. The summed E-state index contributed by atoms with van der Waals surface area (Å²) < 4.78 is 77.6. The lowest BCUT2D eigenvalue weighted by molar-refractivity contribution is -0.160. The van der Waals surface area contributed by atoms with Crippen molar-refractivity contribution in [1.82, 2.24) is 10.1 Å². The number of methoxy groups -OCH3 is 1. The van der Waals surface area contributed by atoms with Gasteiger partial charge in [0.15, 0.2) is 10.8 Å². The number of nitrogens with zero attached hydrogens (tertiary/aromatic N) is 2. The van der Waals surface area contributed by atoms with Crippen LogP contribution in [0.4, 0.5) is 22.0 Å². The number of thiocarbonyl (C=S) groups is 1. The van der Waals surface area contributed by atoms with Gasteiger partial charge in [0.05, 0.1) is 23.3 Å². The third kappa shape index (κ3) is 4.46. The van der Waals surface area contributed by atoms with E-state index in [0.29, 0.717) is 0 Å². The zero-order valence-corrected chi connectivity index (χ0v) is 17.3. The Labute approximate surface area is 178 Å². The fourth-order valence-corrected chi connectivity index (χ4v) is 2.86. The Kier molecular flexibility index (Phi) is 7.19. The second-order valence-electron chi connectivity index (χ2n) is 6.08. The zero-order chi connectivity index (χ0) is 22.8. The molecule has 12 heteroatoms. The zero-order valence-electron chi connectivity index (χ0n) is 15.7. The second kappa shape index (κ2) is 9.09. The molecule has 162 valence electrons. The SMILES string of the molecule is COC(=S)c1c(-c2c(F)cccc2Cl)noc1/C(=C/N(C)C)C(=O)C(F)(F)C(F)F. The molecule has 0 amide bonds. The Hall–Kier alpha value is -2.53. The monoisotopic (exact) mass is 468 g/mol. The molecule has 0 atom stereocenters. The van der Waals surface area contributed by atoms with Crippen molar-refractivity contribution in [2.75, 3.05) is 21.2 Å². The molecule has 0 aliphatic heterocycles. The van der Waals surface area contributed by atoms with Gasteiger partial charge in [-0.1, -0.05) is 22.8 Å². The molecule has 2 aromatic rings. The summed E-state index contributed by atoms with van der Waals surface area (Å²) in [5.41, 5.74) is -1.99. The summed E-state index contributed by atoms with van der Waals surface area (Å²) in [5.74, 6) is -8.83. The average molecular weight is 469 g/mol. The molecule has 1 heterocycles. The number of Topliss-reactive ketones (excluding diaryl/α,β-unsaturated/α-hetero) is 1. The molecule has 30 heavy (non-hydrogen) atoms. The molecule has 0 saturated carbocycles. The van der Waals surface area contributed by atoms with Crippen LogP contribution in [0.5, 0.6) is 0 Å². The van der Waals surface area contributed by atoms with E-state index in [9.17, 15) is 26.7 Å². The van der Waals surface area contributed by atoms with Crippen molar-refractivity contribution in [3.8, 4) is 11.3 Å². The molecule has 2 rings (SSSR count). The van der Waals surface area contributed by atoms with Gasteiger partial charge < -0.3 is 14.2 Å². The van der Waals surface area contributed by atoms with Crippen LogP contribution in [0.1, 0.15) is 11.3 Å². The van der Waals surface area contributed by atoms with Crippen LogP contribution in [0.15, 0.2) is 28.9 Å². The van der Waals surface area contributed by atoms with Crippen LogP contribution >= 0.6 is 23.8 Å². The van der Waals surface area contributed by atoms with Crippen LogP contribution in [-0.2, 0) is 9.53 Å². The van der Waals surface area contributed by atoms with Crippen LogP contribution in [0.25, 0.3) is 16.8 Å². The third-order valence-corrected chi connectivity index (χ3v) is 4.42. The summed E-state index contributed by atoms with van der Waals surface area (Å²) in [7, 11) is 3.83. The maximum absolute atomic E-state index is 14.4. The van der Waals surface area contributed by atoms with Gasteiger partial charge in [0, 0.05) is 20.3 Å². The van der Waals surface area contributed by atoms with Gasteiger partial charge in [-0.25, -0.2) is 13.2 Å². The Balaban J connectivity index is 2.83. The van der Waals surface area contributed by atoms with E-state index in [4.69, 9.17) is 33.1 Å². The Morgan fingerprint density at radius 1 is 1.37 bits per heavy atom. The fourth-order valence-electron chi connectivity index (χ4n) is 2.42. The first kappa shape index (κ1) is 23.7. The average Bonchev–Trinajstić information content (AvgIpc) is 3.08. The van der Waals surface area contributed by atoms with Crippen LogP contribution in [-0.4, -0.2) is 54.4 Å². The summed E-state index contributed by atoms with van der Waals surface area (Å²) in [6.07, 6.45) is -3.45. The maximum Gasteiger partial charge on any atom is 0.369 e. The third-order valence-electron chi connectivity index (χ3n) is 3.73. The Morgan fingerprint density at radius 3 is 2.50 bits per heavy atom. The Morgan fingerprint density at radius 2 is 2.00 bits per heavy atom. The number of hydrogen-bond donors (Lipinski definition) is 0. The summed E-state index contributed by atoms with van der Waals surface area (Å²) in [4.78, 5) is 13.4. The lowest BCUT2D eigenvalue weighted by Gasteiger charge is -2.17. The highest BCUT2D eigenvalue weighted by atomic mass is 35.5. The number of allylic oxidation sites excluding steroid dienone is 1. The highest BCUT2D eigenvalue weighted by Crippen LogP contribution is 2.38. The number of hydrogen-bond acceptors (Lipinski definition) is 6. The van der Waals surface area contributed by atoms with Gasteiger partial charge in [-0.15, -0.1) is 0 Å². The first-order valence-corrected chi connectivity index (χ1v) is 8.83. The van der Waals surface area contributed by atoms with E-state index in [-0.39, 0.29) is 21.8 Å². The van der Waals surface area contributed by atoms with Crippen LogP contribution in [0.2, 0.25) is 5.02 Å². The van der Waals surface area contributed by atoms with E-state index < -0.39 is 40.3 Å². The standard InChI is InChI=1S/C18H14ClF5N2O3S/c1-26(2)7-8(15(27)18(23,24)17(21)22)14-12(16(30)28-3)13(25-29-14)11-9(19)5-4-6-10(11)20/h4-7,17H,1-3H3/b8-7-. The molecule has 0 N–H and O–H groups in total. The summed E-state index contributed by atoms with van der Waals surface area (Å²) in [6, 6.07) is 3.67. The van der Waals surface area contributed by atoms with Crippen molar-refractivity contribution in [2.45, 2.75) is 12.3 Å². The number of ether oxygens (including phenoxy) is 1. The molecular formula is C18H14ClF5N2O3S. The maximum atomic E-state index is 14.4. The van der Waals surface area contributed by atoms with E-state index >= 15 is 0 Å². The molecule has 5 nitrogen and oxygen atoms in total.